The van der Waals surface area contributed by atoms with E-state index in [9.17, 15) is 9.59 Å². The second kappa shape index (κ2) is 7.11. The molecule has 1 aliphatic heterocycles. The van der Waals surface area contributed by atoms with Gasteiger partial charge in [0.25, 0.3) is 0 Å². The molecule has 1 fully saturated rings. The van der Waals surface area contributed by atoms with Crippen LogP contribution in [-0.2, 0) is 9.53 Å². The topological polar surface area (TPSA) is 78.9 Å². The van der Waals surface area contributed by atoms with Crippen LogP contribution < -0.4 is 5.32 Å². The minimum atomic E-state index is -0.963. The summed E-state index contributed by atoms with van der Waals surface area (Å²) in [5.41, 5.74) is 0.550. The second-order valence-corrected chi connectivity index (χ2v) is 5.84. The lowest BCUT2D eigenvalue weighted by Crippen LogP contribution is -2.51. The summed E-state index contributed by atoms with van der Waals surface area (Å²) in [5, 5.41) is 12.1. The van der Waals surface area contributed by atoms with Crippen LogP contribution in [0.4, 0.5) is 10.5 Å². The Morgan fingerprint density at radius 1 is 1.52 bits per heavy atom. The van der Waals surface area contributed by atoms with Gasteiger partial charge in [0.1, 0.15) is 0 Å². The summed E-state index contributed by atoms with van der Waals surface area (Å²) >= 11 is 9.24. The van der Waals surface area contributed by atoms with Crippen LogP contribution in [0.1, 0.15) is 6.42 Å². The van der Waals surface area contributed by atoms with Crippen LogP contribution >= 0.6 is 27.5 Å². The molecule has 0 radical (unpaired) electrons. The molecule has 0 aromatic heterocycles. The molecule has 1 aromatic carbocycles. The Bertz CT molecular complexity index is 555. The molecule has 6 nitrogen and oxygen atoms in total. The maximum atomic E-state index is 12.3. The molecule has 2 N–H and O–H groups in total. The van der Waals surface area contributed by atoms with Gasteiger partial charge in [-0.05, 0) is 34.1 Å². The number of nitrogens with one attached hydrogen (secondary N) is 1. The van der Waals surface area contributed by atoms with Crippen LogP contribution in [0.2, 0.25) is 5.02 Å². The summed E-state index contributed by atoms with van der Waals surface area (Å²) in [7, 11) is 0. The van der Waals surface area contributed by atoms with Crippen molar-refractivity contribution in [3.8, 4) is 0 Å². The molecule has 2 amide bonds. The summed E-state index contributed by atoms with van der Waals surface area (Å²) in [6.07, 6.45) is -0.144. The number of carbonyl (C=O) groups excluding carboxylic acids is 1. The Balaban J connectivity index is 2.06. The highest BCUT2D eigenvalue weighted by Gasteiger charge is 2.29. The van der Waals surface area contributed by atoms with Crippen LogP contribution in [-0.4, -0.2) is 47.8 Å². The zero-order valence-electron chi connectivity index (χ0n) is 11.0. The molecule has 21 heavy (non-hydrogen) atoms. The van der Waals surface area contributed by atoms with E-state index in [4.69, 9.17) is 21.4 Å². The smallest absolute Gasteiger partial charge is 0.322 e. The van der Waals surface area contributed by atoms with E-state index in [1.165, 1.54) is 4.90 Å². The van der Waals surface area contributed by atoms with Crippen LogP contribution in [0.15, 0.2) is 22.7 Å². The van der Waals surface area contributed by atoms with Crippen molar-refractivity contribution in [2.24, 2.45) is 0 Å². The Kier molecular flexibility index (Phi) is 5.44. The number of amides is 2. The van der Waals surface area contributed by atoms with Crippen LogP contribution in [0.25, 0.3) is 0 Å². The monoisotopic (exact) mass is 376 g/mol. The average molecular weight is 378 g/mol. The fourth-order valence-electron chi connectivity index (χ4n) is 2.06. The summed E-state index contributed by atoms with van der Waals surface area (Å²) in [4.78, 5) is 24.6. The number of carboxylic acids is 1. The minimum absolute atomic E-state index is 0.144. The standard InChI is InChI=1S/C13H14BrClN2O4/c14-10-2-1-8(5-11(10)15)16-13(20)17-3-4-21-7-9(17)6-12(18)19/h1-2,5,9H,3-4,6-7H2,(H,16,20)(H,18,19). The number of carboxylic acid groups (broad SMARTS) is 1. The van der Waals surface area contributed by atoms with Crippen molar-refractivity contribution in [2.45, 2.75) is 12.5 Å². The van der Waals surface area contributed by atoms with Gasteiger partial charge in [0, 0.05) is 16.7 Å². The predicted molar refractivity (Wildman–Crippen MR) is 81.7 cm³/mol. The van der Waals surface area contributed by atoms with E-state index < -0.39 is 12.0 Å². The van der Waals surface area contributed by atoms with Gasteiger partial charge in [0.2, 0.25) is 0 Å². The number of halogens is 2. The predicted octanol–water partition coefficient (Wildman–Crippen LogP) is 2.81. The normalized spacial score (nSPS) is 18.4. The maximum absolute atomic E-state index is 12.3. The van der Waals surface area contributed by atoms with E-state index in [0.717, 1.165) is 4.47 Å². The van der Waals surface area contributed by atoms with Crippen molar-refractivity contribution in [2.75, 3.05) is 25.1 Å². The van der Waals surface area contributed by atoms with Gasteiger partial charge in [0.15, 0.2) is 0 Å². The quantitative estimate of drug-likeness (QED) is 0.849. The minimum Gasteiger partial charge on any atom is -0.481 e. The molecule has 1 atom stereocenters. The Labute approximate surface area is 135 Å². The maximum Gasteiger partial charge on any atom is 0.322 e. The SMILES string of the molecule is O=C(O)CC1COCCN1C(=O)Nc1ccc(Br)c(Cl)c1. The van der Waals surface area contributed by atoms with Gasteiger partial charge in [0.05, 0.1) is 30.7 Å². The van der Waals surface area contributed by atoms with Gasteiger partial charge in [-0.1, -0.05) is 11.6 Å². The molecule has 2 rings (SSSR count). The summed E-state index contributed by atoms with van der Waals surface area (Å²) in [5.74, 6) is -0.963. The average Bonchev–Trinajstić information content (AvgIpc) is 2.43. The number of carbonyl (C=O) groups is 2. The third kappa shape index (κ3) is 4.33. The molecule has 0 saturated carbocycles. The van der Waals surface area contributed by atoms with E-state index >= 15 is 0 Å². The summed E-state index contributed by atoms with van der Waals surface area (Å²) in [6, 6.07) is 4.23. The highest BCUT2D eigenvalue weighted by Crippen LogP contribution is 2.26. The van der Waals surface area contributed by atoms with E-state index in [1.807, 2.05) is 0 Å². The lowest BCUT2D eigenvalue weighted by molar-refractivity contribution is -0.139. The van der Waals surface area contributed by atoms with Crippen molar-refractivity contribution < 1.29 is 19.4 Å². The Morgan fingerprint density at radius 3 is 2.95 bits per heavy atom. The fraction of sp³-hybridized carbons (Fsp3) is 0.385. The fourth-order valence-corrected chi connectivity index (χ4v) is 2.49. The molecule has 0 aliphatic carbocycles. The number of anilines is 1. The zero-order valence-corrected chi connectivity index (χ0v) is 13.4. The number of rotatable bonds is 3. The first-order chi connectivity index (χ1) is 9.97. The molecule has 1 saturated heterocycles. The number of nitrogens with zero attached hydrogens (tertiary/aromatic N) is 1. The summed E-state index contributed by atoms with van der Waals surface area (Å²) in [6.45, 7) is 0.972. The molecule has 0 spiro atoms. The number of aliphatic carboxylic acids is 1. The first kappa shape index (κ1) is 16.1. The number of ether oxygens (including phenoxy) is 1. The highest BCUT2D eigenvalue weighted by molar-refractivity contribution is 9.10. The van der Waals surface area contributed by atoms with E-state index in [-0.39, 0.29) is 19.1 Å². The first-order valence-corrected chi connectivity index (χ1v) is 7.46. The van der Waals surface area contributed by atoms with Gasteiger partial charge in [-0.25, -0.2) is 4.79 Å². The second-order valence-electron chi connectivity index (χ2n) is 4.58. The number of benzene rings is 1. The Hall–Kier alpha value is -1.31. The van der Waals surface area contributed by atoms with Crippen LogP contribution in [0.3, 0.4) is 0 Å². The van der Waals surface area contributed by atoms with Gasteiger partial charge in [-0.2, -0.15) is 0 Å². The number of hydrogen-bond acceptors (Lipinski definition) is 3. The number of urea groups is 1. The van der Waals surface area contributed by atoms with E-state index in [0.29, 0.717) is 23.9 Å². The van der Waals surface area contributed by atoms with E-state index in [1.54, 1.807) is 18.2 Å². The Morgan fingerprint density at radius 2 is 2.29 bits per heavy atom. The third-order valence-electron chi connectivity index (χ3n) is 3.07. The lowest BCUT2D eigenvalue weighted by Gasteiger charge is -2.34. The summed E-state index contributed by atoms with van der Waals surface area (Å²) < 4.78 is 5.97. The van der Waals surface area contributed by atoms with Crippen molar-refractivity contribution in [1.29, 1.82) is 0 Å². The highest BCUT2D eigenvalue weighted by atomic mass is 79.9. The van der Waals surface area contributed by atoms with Crippen LogP contribution in [0, 0.1) is 0 Å². The molecule has 8 heteroatoms. The van der Waals surface area contributed by atoms with E-state index in [2.05, 4.69) is 21.2 Å². The lowest BCUT2D eigenvalue weighted by atomic mass is 10.1. The first-order valence-electron chi connectivity index (χ1n) is 6.29. The molecule has 0 bridgehead atoms. The van der Waals surface area contributed by atoms with Gasteiger partial charge in [-0.3, -0.25) is 4.79 Å². The van der Waals surface area contributed by atoms with Gasteiger partial charge in [-0.15, -0.1) is 0 Å². The van der Waals surface area contributed by atoms with Crippen molar-refractivity contribution in [3.63, 3.8) is 0 Å². The molecule has 1 heterocycles. The molecule has 1 aromatic rings. The van der Waals surface area contributed by atoms with Crippen molar-refractivity contribution in [3.05, 3.63) is 27.7 Å². The van der Waals surface area contributed by atoms with Gasteiger partial charge >= 0.3 is 12.0 Å². The molecular formula is C13H14BrClN2O4. The van der Waals surface area contributed by atoms with Crippen LogP contribution in [0.5, 0.6) is 0 Å². The number of hydrogen-bond donors (Lipinski definition) is 2. The zero-order chi connectivity index (χ0) is 15.4. The van der Waals surface area contributed by atoms with Crippen molar-refractivity contribution >= 4 is 45.2 Å². The van der Waals surface area contributed by atoms with Gasteiger partial charge < -0.3 is 20.1 Å². The third-order valence-corrected chi connectivity index (χ3v) is 4.30. The molecular weight excluding hydrogens is 364 g/mol. The largest absolute Gasteiger partial charge is 0.481 e. The molecule has 1 aliphatic rings. The number of morpholine rings is 1. The molecule has 1 unspecified atom stereocenters. The molecule has 114 valence electrons. The van der Waals surface area contributed by atoms with Crippen molar-refractivity contribution in [1.82, 2.24) is 4.90 Å².